The van der Waals surface area contributed by atoms with E-state index in [-0.39, 0.29) is 79.1 Å². The van der Waals surface area contributed by atoms with E-state index in [1.807, 2.05) is 0 Å². The molecular weight excluding hydrogens is 1590 g/mol. The van der Waals surface area contributed by atoms with Crippen LogP contribution in [0.15, 0.2) is 43.4 Å². The monoisotopic (exact) mass is 1680 g/mol. The van der Waals surface area contributed by atoms with Crippen LogP contribution in [0.3, 0.4) is 0 Å². The van der Waals surface area contributed by atoms with Crippen molar-refractivity contribution >= 4 is 0 Å². The molecule has 0 saturated carbocycles. The van der Waals surface area contributed by atoms with Crippen LogP contribution in [0.25, 0.3) is 0 Å². The standard InChI is InChI=1S/C64H93N21O33/c1-18-34(87)43(96)51(104)58(111-18)19-4-80(72-65-19)12-28-37(90)45(98)53(106)60(113-28)21-6-82(74-67-21)14-30-39(92)47(100)55(108)62(115-30)23-8-84(76-69-23)16-32-41(94)49(102)57(110)64(117-32)25-10-85(78-71-25)17-33-42(95)50(103)56(109)63(118-33)24-9-83(77-70-24)15-31-40(93)48(101)54(107)61(116-31)22-7-81(75-68-22)13-29-38(91)46(99)52(105)59(114-29)20-5-79(73-66-20)11-27-36(89)44(97)35(88)26(112-27)2-3-86/h4-10,18,26-64,86-110H,2-3,11-17H2,1H3/t18-,26-,27-,28-,29-,30-,31-,32-,33-,34-,35-,36-,37-,38-,39-,40-,41-,42-,43+,44-,45+,46+,47+,48+,49+,50+,51+,52+,53+,54+,55+,56+,57+,58-,59-,60+,61+,62+,63+,64+/m1/s1. The van der Waals surface area contributed by atoms with E-state index in [0.717, 1.165) is 23.4 Å². The minimum atomic E-state index is -1.90. The van der Waals surface area contributed by atoms with Crippen molar-refractivity contribution in [3.8, 4) is 0 Å². The molecule has 54 nitrogen and oxygen atoms in total. The van der Waals surface area contributed by atoms with E-state index in [9.17, 15) is 128 Å². The van der Waals surface area contributed by atoms with Gasteiger partial charge in [-0.3, -0.25) is 0 Å². The minimum Gasteiger partial charge on any atom is -0.396 e. The highest BCUT2D eigenvalue weighted by molar-refractivity contribution is 5.15. The Morgan fingerprint density at radius 3 is 0.568 bits per heavy atom. The number of hydrogen-bond acceptors (Lipinski definition) is 47. The third kappa shape index (κ3) is 16.7. The highest BCUT2D eigenvalue weighted by Crippen LogP contribution is 2.41. The van der Waals surface area contributed by atoms with Gasteiger partial charge in [-0.25, -0.2) is 32.8 Å². The predicted molar refractivity (Wildman–Crippen MR) is 364 cm³/mol. The highest BCUT2D eigenvalue weighted by atomic mass is 16.6. The molecule has 8 saturated heterocycles. The molecule has 0 amide bonds. The largest absolute Gasteiger partial charge is 0.396 e. The van der Waals surface area contributed by atoms with E-state index in [1.54, 1.807) is 0 Å². The molecule has 54 heteroatoms. The van der Waals surface area contributed by atoms with Gasteiger partial charge >= 0.3 is 0 Å². The molecule has 0 aromatic carbocycles. The van der Waals surface area contributed by atoms with E-state index in [2.05, 4.69) is 72.2 Å². The van der Waals surface area contributed by atoms with Crippen LogP contribution in [0.1, 0.15) is 95.9 Å². The second kappa shape index (κ2) is 34.9. The molecule has 8 aliphatic rings. The zero-order chi connectivity index (χ0) is 84.0. The van der Waals surface area contributed by atoms with Crippen LogP contribution in [0, 0.1) is 0 Å². The number of ether oxygens (including phenoxy) is 8. The van der Waals surface area contributed by atoms with Gasteiger partial charge in [-0.2, -0.15) is 0 Å². The number of aliphatic hydroxyl groups is 25. The molecule has 652 valence electrons. The third-order valence-corrected chi connectivity index (χ3v) is 22.9. The van der Waals surface area contributed by atoms with Gasteiger partial charge in [0, 0.05) is 6.61 Å². The molecule has 7 aromatic heterocycles. The summed E-state index contributed by atoms with van der Waals surface area (Å²) >= 11 is 0. The lowest BCUT2D eigenvalue weighted by molar-refractivity contribution is -0.230. The Bertz CT molecular complexity index is 4450. The van der Waals surface area contributed by atoms with Gasteiger partial charge < -0.3 is 166 Å². The number of hydrogen-bond donors (Lipinski definition) is 25. The molecular formula is C64H93N21O33. The van der Waals surface area contributed by atoms with Gasteiger partial charge in [-0.05, 0) is 13.3 Å². The summed E-state index contributed by atoms with van der Waals surface area (Å²) in [5.74, 6) is 0. The average molecular weight is 1680 g/mol. The van der Waals surface area contributed by atoms with Crippen LogP contribution in [-0.2, 0) is 83.7 Å². The molecule has 8 aliphatic heterocycles. The van der Waals surface area contributed by atoms with Crippen molar-refractivity contribution in [3.05, 3.63) is 83.2 Å². The Morgan fingerprint density at radius 1 is 0.212 bits per heavy atom. The number of nitrogens with zero attached hydrogens (tertiary/aromatic N) is 21. The zero-order valence-electron chi connectivity index (χ0n) is 61.8. The fraction of sp³-hybridized carbons (Fsp3) is 0.781. The molecule has 15 heterocycles. The molecule has 0 spiro atoms. The summed E-state index contributed by atoms with van der Waals surface area (Å²) in [6.07, 6.45) is -54.3. The lowest BCUT2D eigenvalue weighted by Crippen LogP contribution is -2.58. The van der Waals surface area contributed by atoms with Gasteiger partial charge in [-0.1, -0.05) is 36.5 Å². The van der Waals surface area contributed by atoms with Gasteiger partial charge in [0.1, 0.15) is 272 Å². The molecule has 25 N–H and O–H groups in total. The van der Waals surface area contributed by atoms with Crippen molar-refractivity contribution in [1.29, 1.82) is 0 Å². The molecule has 0 aliphatic carbocycles. The Hall–Kier alpha value is -7.34. The van der Waals surface area contributed by atoms with Gasteiger partial charge in [0.05, 0.1) is 101 Å². The maximum atomic E-state index is 11.3. The molecule has 7 aromatic rings. The van der Waals surface area contributed by atoms with Crippen LogP contribution >= 0.6 is 0 Å². The van der Waals surface area contributed by atoms with Crippen molar-refractivity contribution in [2.24, 2.45) is 0 Å². The summed E-state index contributed by atoms with van der Waals surface area (Å²) in [6.45, 7) is -1.38. The smallest absolute Gasteiger partial charge is 0.132 e. The molecule has 0 unspecified atom stereocenters. The summed E-state index contributed by atoms with van der Waals surface area (Å²) in [4.78, 5) is 0. The molecule has 8 fully saturated rings. The van der Waals surface area contributed by atoms with E-state index in [0.29, 0.717) is 0 Å². The summed E-state index contributed by atoms with van der Waals surface area (Å²) in [5, 5.41) is 329. The lowest BCUT2D eigenvalue weighted by atomic mass is 9.93. The number of rotatable bonds is 23. The average Bonchev–Trinajstić information content (AvgIpc) is 1.70. The maximum absolute atomic E-state index is 11.3. The first-order valence-electron chi connectivity index (χ1n) is 37.7. The van der Waals surface area contributed by atoms with Crippen molar-refractivity contribution in [2.45, 2.75) is 303 Å². The van der Waals surface area contributed by atoms with Crippen LogP contribution < -0.4 is 0 Å². The van der Waals surface area contributed by atoms with E-state index < -0.39 is 264 Å². The molecule has 40 atom stereocenters. The van der Waals surface area contributed by atoms with Crippen LogP contribution in [0.2, 0.25) is 0 Å². The number of aromatic nitrogens is 21. The first-order valence-corrected chi connectivity index (χ1v) is 37.7. The minimum absolute atomic E-state index is 0.0413. The van der Waals surface area contributed by atoms with Crippen molar-refractivity contribution in [3.63, 3.8) is 0 Å². The molecule has 0 bridgehead atoms. The first kappa shape index (κ1) is 85.6. The van der Waals surface area contributed by atoms with E-state index >= 15 is 0 Å². The Morgan fingerprint density at radius 2 is 0.373 bits per heavy atom. The Balaban J connectivity index is 0.546. The quantitative estimate of drug-likeness (QED) is 0.0283. The van der Waals surface area contributed by atoms with Gasteiger partial charge in [0.15, 0.2) is 0 Å². The third-order valence-electron chi connectivity index (χ3n) is 22.9. The predicted octanol–water partition coefficient (Wildman–Crippen LogP) is -17.1. The first-order chi connectivity index (χ1) is 56.2. The fourth-order valence-corrected chi connectivity index (χ4v) is 15.9. The van der Waals surface area contributed by atoms with E-state index in [1.165, 1.54) is 59.7 Å². The number of aliphatic hydroxyl groups excluding tert-OH is 25. The highest BCUT2D eigenvalue weighted by Gasteiger charge is 2.54. The van der Waals surface area contributed by atoms with Crippen LogP contribution in [0.4, 0.5) is 0 Å². The SMILES string of the molecule is C[C@H]1O[C@H](c2cn(C[C@H]3O[C@@H](c4cn(C[C@H]5O[C@@H](c6cn(C[C@H]7O[C@@H](c8cn(C[C@H]9O[C@@H](c%10cn(C[C@H]%11O[C@@H](c%12cn(C[C@H]%13O[C@H](c%14cn(C[C@H]%15O[C@H](CCO)[C@@H](O)[C@@H](O)[C@@H]%15O)nn%14)[C@@H](O)[C@@H](O)[C@@H]%13O)nn%12)[C@@H](O)[C@@H](O)[C@@H]%11O)nn%10)[C@@H](O)[C@@H](O)[C@@H]9O)nn8)[C@@H](O)[C@@H](O)[C@@H]7O)nn6)[C@@H](O)[C@@H](O)[C@@H]5O)nn4)[C@@H](O)[C@@H](O)[C@@H]3O)nn2)[C@@H](O)[C@@H](O)[C@@H]1O. The van der Waals surface area contributed by atoms with Gasteiger partial charge in [-0.15, -0.1) is 35.7 Å². The zero-order valence-corrected chi connectivity index (χ0v) is 61.8. The lowest BCUT2D eigenvalue weighted by Gasteiger charge is -2.40. The normalized spacial score (nSPS) is 43.4. The fourth-order valence-electron chi connectivity index (χ4n) is 15.9. The van der Waals surface area contributed by atoms with Crippen molar-refractivity contribution in [1.82, 2.24) is 105 Å². The van der Waals surface area contributed by atoms with E-state index in [4.69, 9.17) is 37.9 Å². The van der Waals surface area contributed by atoms with Gasteiger partial charge in [0.25, 0.3) is 0 Å². The van der Waals surface area contributed by atoms with Crippen LogP contribution in [0.5, 0.6) is 0 Å². The van der Waals surface area contributed by atoms with Gasteiger partial charge in [0.2, 0.25) is 0 Å². The van der Waals surface area contributed by atoms with Crippen LogP contribution in [-0.4, -0.2) is 441 Å². The summed E-state index contributed by atoms with van der Waals surface area (Å²) in [6, 6.07) is 0. The Kier molecular flexibility index (Phi) is 25.3. The second-order valence-electron chi connectivity index (χ2n) is 30.9. The van der Waals surface area contributed by atoms with Crippen molar-refractivity contribution in [2.75, 3.05) is 6.61 Å². The Labute approximate surface area is 661 Å². The summed E-state index contributed by atoms with van der Waals surface area (Å²) in [7, 11) is 0. The molecule has 0 radical (unpaired) electrons. The maximum Gasteiger partial charge on any atom is 0.132 e. The molecule has 15 rings (SSSR count). The topological polar surface area (TPSA) is 795 Å². The second-order valence-corrected chi connectivity index (χ2v) is 30.9. The van der Waals surface area contributed by atoms with Crippen molar-refractivity contribution < 1.29 is 166 Å². The molecule has 118 heavy (non-hydrogen) atoms. The summed E-state index contributed by atoms with van der Waals surface area (Å²) in [5.41, 5.74) is -0.528. The summed E-state index contributed by atoms with van der Waals surface area (Å²) < 4.78 is 55.8.